The first-order valence-electron chi connectivity index (χ1n) is 5.91. The lowest BCUT2D eigenvalue weighted by Gasteiger charge is -2.20. The number of hydrogen-bond donors (Lipinski definition) is 4. The molecule has 3 unspecified atom stereocenters. The maximum Gasteiger partial charge on any atom is 0.323 e. The number of hydrogen-bond acceptors (Lipinski definition) is 4. The number of rotatable bonds is 7. The molecule has 0 aliphatic rings. The minimum absolute atomic E-state index is 0.317. The average molecular weight is 253 g/mol. The second-order valence-electron chi connectivity index (χ2n) is 4.30. The largest absolute Gasteiger partial charge is 0.480 e. The molecule has 18 heavy (non-hydrogen) atoms. The zero-order chi connectivity index (χ0) is 13.5. The quantitative estimate of drug-likeness (QED) is 0.553. The van der Waals surface area contributed by atoms with Crippen LogP contribution in [0.3, 0.4) is 0 Å². The van der Waals surface area contributed by atoms with Crippen molar-refractivity contribution in [2.75, 3.05) is 0 Å². The summed E-state index contributed by atoms with van der Waals surface area (Å²) in [6, 6.07) is 8.30. The van der Waals surface area contributed by atoms with Crippen molar-refractivity contribution >= 4 is 5.97 Å². The summed E-state index contributed by atoms with van der Waals surface area (Å²) in [7, 11) is 0. The van der Waals surface area contributed by atoms with Crippen molar-refractivity contribution in [1.29, 1.82) is 0 Å². The molecule has 1 aromatic rings. The van der Waals surface area contributed by atoms with Gasteiger partial charge in [-0.25, -0.2) is 0 Å². The fourth-order valence-electron chi connectivity index (χ4n) is 1.72. The molecule has 0 aliphatic heterocycles. The van der Waals surface area contributed by atoms with Crippen LogP contribution in [0.5, 0.6) is 0 Å². The van der Waals surface area contributed by atoms with Gasteiger partial charge in [-0.3, -0.25) is 4.79 Å². The number of aliphatic hydroxyl groups is 2. The predicted molar refractivity (Wildman–Crippen MR) is 67.0 cm³/mol. The molecule has 0 heterocycles. The minimum Gasteiger partial charge on any atom is -0.480 e. The molecule has 0 aromatic heterocycles. The topological polar surface area (TPSA) is 104 Å². The Hall–Kier alpha value is -1.43. The van der Waals surface area contributed by atoms with Gasteiger partial charge >= 0.3 is 5.97 Å². The molecule has 1 rings (SSSR count). The van der Waals surface area contributed by atoms with Crippen molar-refractivity contribution in [2.45, 2.75) is 37.5 Å². The van der Waals surface area contributed by atoms with E-state index in [0.717, 1.165) is 12.0 Å². The third-order valence-corrected chi connectivity index (χ3v) is 2.86. The molecule has 0 spiro atoms. The average Bonchev–Trinajstić information content (AvgIpc) is 2.38. The number of aryl methyl sites for hydroxylation is 1. The molecule has 1 aromatic carbocycles. The van der Waals surface area contributed by atoms with Gasteiger partial charge in [0.15, 0.2) is 0 Å². The van der Waals surface area contributed by atoms with Crippen molar-refractivity contribution in [3.63, 3.8) is 0 Å². The fourth-order valence-corrected chi connectivity index (χ4v) is 1.72. The zero-order valence-electron chi connectivity index (χ0n) is 10.1. The molecule has 0 bridgehead atoms. The van der Waals surface area contributed by atoms with E-state index in [1.807, 2.05) is 30.3 Å². The van der Waals surface area contributed by atoms with Gasteiger partial charge < -0.3 is 21.1 Å². The second-order valence-corrected chi connectivity index (χ2v) is 4.30. The van der Waals surface area contributed by atoms with Crippen LogP contribution < -0.4 is 5.73 Å². The van der Waals surface area contributed by atoms with Crippen LogP contribution in [0.25, 0.3) is 0 Å². The molecule has 0 fully saturated rings. The molecule has 0 aliphatic carbocycles. The normalized spacial score (nSPS) is 15.9. The van der Waals surface area contributed by atoms with Crippen LogP contribution in [0.1, 0.15) is 18.4 Å². The standard InChI is InChI=1S/C13H19NO4/c14-11(13(17)18)12(16)10(15)8-4-7-9-5-2-1-3-6-9/h1-3,5-6,10-12,15-16H,4,7-8,14H2,(H,17,18). The second kappa shape index (κ2) is 7.10. The maximum atomic E-state index is 10.5. The van der Waals surface area contributed by atoms with E-state index >= 15 is 0 Å². The molecular formula is C13H19NO4. The Kier molecular flexibility index (Phi) is 5.77. The van der Waals surface area contributed by atoms with Gasteiger partial charge in [0, 0.05) is 0 Å². The molecule has 100 valence electrons. The van der Waals surface area contributed by atoms with Gasteiger partial charge in [0.2, 0.25) is 0 Å². The molecule has 0 saturated carbocycles. The summed E-state index contributed by atoms with van der Waals surface area (Å²) >= 11 is 0. The summed E-state index contributed by atoms with van der Waals surface area (Å²) in [5.74, 6) is -1.32. The van der Waals surface area contributed by atoms with E-state index in [4.69, 9.17) is 10.8 Å². The third kappa shape index (κ3) is 4.44. The number of carboxylic acids is 1. The molecule has 0 radical (unpaired) electrons. The Balaban J connectivity index is 2.33. The Morgan fingerprint density at radius 1 is 1.22 bits per heavy atom. The maximum absolute atomic E-state index is 10.5. The van der Waals surface area contributed by atoms with Gasteiger partial charge in [0.05, 0.1) is 6.10 Å². The highest BCUT2D eigenvalue weighted by molar-refractivity contribution is 5.73. The zero-order valence-corrected chi connectivity index (χ0v) is 10.1. The van der Waals surface area contributed by atoms with Crippen molar-refractivity contribution < 1.29 is 20.1 Å². The van der Waals surface area contributed by atoms with Crippen molar-refractivity contribution in [3.05, 3.63) is 35.9 Å². The van der Waals surface area contributed by atoms with E-state index in [1.165, 1.54) is 0 Å². The van der Waals surface area contributed by atoms with E-state index in [-0.39, 0.29) is 0 Å². The summed E-state index contributed by atoms with van der Waals surface area (Å²) in [5, 5.41) is 27.7. The lowest BCUT2D eigenvalue weighted by molar-refractivity contribution is -0.143. The number of aliphatic hydroxyl groups excluding tert-OH is 2. The lowest BCUT2D eigenvalue weighted by Crippen LogP contribution is -2.48. The Bertz CT molecular complexity index is 369. The molecular weight excluding hydrogens is 234 g/mol. The third-order valence-electron chi connectivity index (χ3n) is 2.86. The number of carboxylic acid groups (broad SMARTS) is 1. The van der Waals surface area contributed by atoms with Crippen LogP contribution >= 0.6 is 0 Å². The highest BCUT2D eigenvalue weighted by atomic mass is 16.4. The van der Waals surface area contributed by atoms with E-state index in [2.05, 4.69) is 0 Å². The van der Waals surface area contributed by atoms with E-state index in [9.17, 15) is 15.0 Å². The Labute approximate surface area is 106 Å². The SMILES string of the molecule is NC(C(=O)O)C(O)C(O)CCCc1ccccc1. The minimum atomic E-state index is -1.45. The first-order chi connectivity index (χ1) is 8.52. The smallest absolute Gasteiger partial charge is 0.323 e. The molecule has 5 nitrogen and oxygen atoms in total. The first kappa shape index (κ1) is 14.6. The van der Waals surface area contributed by atoms with E-state index in [0.29, 0.717) is 12.8 Å². The van der Waals surface area contributed by atoms with Crippen molar-refractivity contribution in [1.82, 2.24) is 0 Å². The fraction of sp³-hybridized carbons (Fsp3) is 0.462. The van der Waals surface area contributed by atoms with Crippen LogP contribution in [0, 0.1) is 0 Å². The molecule has 5 N–H and O–H groups in total. The summed E-state index contributed by atoms with van der Waals surface area (Å²) in [6.07, 6.45) is -0.795. The Morgan fingerprint density at radius 2 is 1.83 bits per heavy atom. The number of benzene rings is 1. The van der Waals surface area contributed by atoms with E-state index in [1.54, 1.807) is 0 Å². The van der Waals surface area contributed by atoms with Crippen LogP contribution in [-0.4, -0.2) is 39.5 Å². The van der Waals surface area contributed by atoms with Crippen LogP contribution in [0.2, 0.25) is 0 Å². The molecule has 5 heteroatoms. The van der Waals surface area contributed by atoms with Gasteiger partial charge in [0.25, 0.3) is 0 Å². The first-order valence-corrected chi connectivity index (χ1v) is 5.91. The highest BCUT2D eigenvalue weighted by Crippen LogP contribution is 2.10. The highest BCUT2D eigenvalue weighted by Gasteiger charge is 2.28. The monoisotopic (exact) mass is 253 g/mol. The summed E-state index contributed by atoms with van der Waals surface area (Å²) in [5.41, 5.74) is 6.37. The number of carbonyl (C=O) groups is 1. The van der Waals surface area contributed by atoms with Crippen molar-refractivity contribution in [2.24, 2.45) is 5.73 Å². The van der Waals surface area contributed by atoms with Crippen LogP contribution in [0.4, 0.5) is 0 Å². The summed E-state index contributed by atoms with van der Waals surface area (Å²) < 4.78 is 0. The summed E-state index contributed by atoms with van der Waals surface area (Å²) in [6.45, 7) is 0. The van der Waals surface area contributed by atoms with Crippen LogP contribution in [-0.2, 0) is 11.2 Å². The Morgan fingerprint density at radius 3 is 2.39 bits per heavy atom. The van der Waals surface area contributed by atoms with Gasteiger partial charge in [-0.2, -0.15) is 0 Å². The predicted octanol–water partition coefficient (Wildman–Crippen LogP) is 0.143. The molecule has 0 saturated heterocycles. The molecule has 3 atom stereocenters. The van der Waals surface area contributed by atoms with Gasteiger partial charge in [0.1, 0.15) is 12.1 Å². The summed E-state index contributed by atoms with van der Waals surface area (Å²) in [4.78, 5) is 10.5. The van der Waals surface area contributed by atoms with Crippen LogP contribution in [0.15, 0.2) is 30.3 Å². The van der Waals surface area contributed by atoms with E-state index < -0.39 is 24.2 Å². The van der Waals surface area contributed by atoms with Gasteiger partial charge in [-0.1, -0.05) is 30.3 Å². The lowest BCUT2D eigenvalue weighted by atomic mass is 9.99. The van der Waals surface area contributed by atoms with Gasteiger partial charge in [-0.15, -0.1) is 0 Å². The molecule has 0 amide bonds. The number of aliphatic carboxylic acids is 1. The number of nitrogens with two attached hydrogens (primary N) is 1. The van der Waals surface area contributed by atoms with Crippen molar-refractivity contribution in [3.8, 4) is 0 Å². The van der Waals surface area contributed by atoms with Gasteiger partial charge in [-0.05, 0) is 24.8 Å².